The molecule has 4 rings (SSSR count). The van der Waals surface area contributed by atoms with E-state index in [1.165, 1.54) is 23.8 Å². The molecular weight excluding hydrogens is 372 g/mol. The van der Waals surface area contributed by atoms with Crippen LogP contribution in [0.5, 0.6) is 5.75 Å². The lowest BCUT2D eigenvalue weighted by molar-refractivity contribution is 0.317. The molecule has 0 bridgehead atoms. The van der Waals surface area contributed by atoms with Crippen LogP contribution in [-0.4, -0.2) is 37.9 Å². The highest BCUT2D eigenvalue weighted by Crippen LogP contribution is 2.37. The Morgan fingerprint density at radius 3 is 2.50 bits per heavy atom. The number of piperidine rings is 1. The number of para-hydroxylation sites is 1. The number of H-pyrrole nitrogens is 1. The van der Waals surface area contributed by atoms with E-state index < -0.39 is 10.0 Å². The monoisotopic (exact) mass is 398 g/mol. The number of ether oxygens (including phenoxy) is 1. The summed E-state index contributed by atoms with van der Waals surface area (Å²) in [6.45, 7) is 5.03. The zero-order valence-electron chi connectivity index (χ0n) is 16.5. The summed E-state index contributed by atoms with van der Waals surface area (Å²) < 4.78 is 33.4. The van der Waals surface area contributed by atoms with Crippen molar-refractivity contribution < 1.29 is 13.2 Å². The van der Waals surface area contributed by atoms with E-state index in [0.29, 0.717) is 24.8 Å². The molecule has 5 nitrogen and oxygen atoms in total. The Bertz CT molecular complexity index is 1110. The first kappa shape index (κ1) is 19.0. The second-order valence-electron chi connectivity index (χ2n) is 7.54. The van der Waals surface area contributed by atoms with Gasteiger partial charge in [-0.25, -0.2) is 8.42 Å². The molecule has 6 heteroatoms. The van der Waals surface area contributed by atoms with Gasteiger partial charge in [0.15, 0.2) is 0 Å². The Kier molecular flexibility index (Phi) is 4.93. The molecular formula is C22H26N2O3S. The highest BCUT2D eigenvalue weighted by Gasteiger charge is 2.33. The van der Waals surface area contributed by atoms with Crippen LogP contribution in [0.3, 0.4) is 0 Å². The average molecular weight is 399 g/mol. The Balaban J connectivity index is 1.59. The lowest BCUT2D eigenvalue weighted by atomic mass is 9.88. The second kappa shape index (κ2) is 7.26. The number of fused-ring (bicyclic) bond motifs is 1. The normalized spacial score (nSPS) is 16.5. The maximum Gasteiger partial charge on any atom is 0.246 e. The standard InChI is InChI=1S/C22H26N2O3S/c1-15-8-9-20(27-3)21(14-15)28(25,26)24-12-10-17(11-13-24)22-16(2)23-19-7-5-4-6-18(19)22/h4-9,14,17,23H,10-13H2,1-3H3. The third-order valence-corrected chi connectivity index (χ3v) is 7.66. The van der Waals surface area contributed by atoms with Crippen molar-refractivity contribution in [3.05, 3.63) is 59.3 Å². The molecule has 2 heterocycles. The first-order valence-corrected chi connectivity index (χ1v) is 11.1. The number of aryl methyl sites for hydroxylation is 2. The average Bonchev–Trinajstić information content (AvgIpc) is 3.03. The van der Waals surface area contributed by atoms with E-state index in [2.05, 4.69) is 30.1 Å². The van der Waals surface area contributed by atoms with Crippen molar-refractivity contribution in [2.24, 2.45) is 0 Å². The van der Waals surface area contributed by atoms with E-state index in [1.54, 1.807) is 16.4 Å². The molecule has 28 heavy (non-hydrogen) atoms. The SMILES string of the molecule is COc1ccc(C)cc1S(=O)(=O)N1CCC(c2c(C)[nH]c3ccccc23)CC1. The minimum absolute atomic E-state index is 0.261. The Morgan fingerprint density at radius 1 is 1.07 bits per heavy atom. The zero-order valence-corrected chi connectivity index (χ0v) is 17.3. The number of aromatic amines is 1. The number of methoxy groups -OCH3 is 1. The smallest absolute Gasteiger partial charge is 0.246 e. The molecule has 0 saturated carbocycles. The molecule has 1 N–H and O–H groups in total. The quantitative estimate of drug-likeness (QED) is 0.710. The summed E-state index contributed by atoms with van der Waals surface area (Å²) >= 11 is 0. The summed E-state index contributed by atoms with van der Waals surface area (Å²) in [7, 11) is -2.06. The van der Waals surface area contributed by atoms with Gasteiger partial charge in [-0.1, -0.05) is 24.3 Å². The Hall–Kier alpha value is -2.31. The van der Waals surface area contributed by atoms with Gasteiger partial charge in [0.05, 0.1) is 7.11 Å². The number of nitrogens with one attached hydrogen (secondary N) is 1. The molecule has 0 unspecified atom stereocenters. The van der Waals surface area contributed by atoms with E-state index in [-0.39, 0.29) is 4.90 Å². The highest BCUT2D eigenvalue weighted by atomic mass is 32.2. The molecule has 0 aliphatic carbocycles. The molecule has 2 aromatic carbocycles. The van der Waals surface area contributed by atoms with Crippen molar-refractivity contribution in [3.63, 3.8) is 0 Å². The van der Waals surface area contributed by atoms with Crippen LogP contribution in [0.25, 0.3) is 10.9 Å². The molecule has 0 atom stereocenters. The van der Waals surface area contributed by atoms with E-state index in [9.17, 15) is 8.42 Å². The van der Waals surface area contributed by atoms with Gasteiger partial charge in [-0.3, -0.25) is 0 Å². The first-order chi connectivity index (χ1) is 13.4. The minimum atomic E-state index is -3.57. The van der Waals surface area contributed by atoms with Crippen molar-refractivity contribution >= 4 is 20.9 Å². The van der Waals surface area contributed by atoms with Gasteiger partial charge in [-0.05, 0) is 61.9 Å². The van der Waals surface area contributed by atoms with Crippen LogP contribution in [0.15, 0.2) is 47.4 Å². The van der Waals surface area contributed by atoms with Gasteiger partial charge in [0.2, 0.25) is 10.0 Å². The predicted octanol–water partition coefficient (Wildman–Crippen LogP) is 4.36. The van der Waals surface area contributed by atoms with Crippen LogP contribution < -0.4 is 4.74 Å². The van der Waals surface area contributed by atoms with Crippen molar-refractivity contribution in [3.8, 4) is 5.75 Å². The van der Waals surface area contributed by atoms with Gasteiger partial charge in [0.1, 0.15) is 10.6 Å². The van der Waals surface area contributed by atoms with Crippen molar-refractivity contribution in [1.82, 2.24) is 9.29 Å². The summed E-state index contributed by atoms with van der Waals surface area (Å²) in [6.07, 6.45) is 1.63. The van der Waals surface area contributed by atoms with Crippen LogP contribution >= 0.6 is 0 Å². The molecule has 148 valence electrons. The van der Waals surface area contributed by atoms with Crippen LogP contribution in [0.2, 0.25) is 0 Å². The third kappa shape index (κ3) is 3.20. The van der Waals surface area contributed by atoms with Gasteiger partial charge >= 0.3 is 0 Å². The number of rotatable bonds is 4. The number of nitrogens with zero attached hydrogens (tertiary/aromatic N) is 1. The summed E-state index contributed by atoms with van der Waals surface area (Å²) in [6, 6.07) is 13.6. The second-order valence-corrected chi connectivity index (χ2v) is 9.45. The largest absolute Gasteiger partial charge is 0.495 e. The first-order valence-electron chi connectivity index (χ1n) is 9.64. The topological polar surface area (TPSA) is 62.4 Å². The third-order valence-electron chi connectivity index (χ3n) is 5.74. The number of hydrogen-bond donors (Lipinski definition) is 1. The van der Waals surface area contributed by atoms with Gasteiger partial charge in [-0.2, -0.15) is 4.31 Å². The van der Waals surface area contributed by atoms with E-state index in [1.807, 2.05) is 19.1 Å². The lowest BCUT2D eigenvalue weighted by Crippen LogP contribution is -2.38. The highest BCUT2D eigenvalue weighted by molar-refractivity contribution is 7.89. The Morgan fingerprint density at radius 2 is 1.79 bits per heavy atom. The summed E-state index contributed by atoms with van der Waals surface area (Å²) in [4.78, 5) is 3.73. The van der Waals surface area contributed by atoms with Crippen molar-refractivity contribution in [2.45, 2.75) is 37.5 Å². The molecule has 1 fully saturated rings. The summed E-state index contributed by atoms with van der Waals surface area (Å²) in [5.41, 5.74) is 4.57. The van der Waals surface area contributed by atoms with Crippen LogP contribution in [0.1, 0.15) is 35.6 Å². The fourth-order valence-corrected chi connectivity index (χ4v) is 6.04. The molecule has 1 saturated heterocycles. The van der Waals surface area contributed by atoms with Crippen LogP contribution in [0.4, 0.5) is 0 Å². The fourth-order valence-electron chi connectivity index (χ4n) is 4.33. The summed E-state index contributed by atoms with van der Waals surface area (Å²) in [5, 5.41) is 1.25. The molecule has 1 aliphatic heterocycles. The van der Waals surface area contributed by atoms with Crippen molar-refractivity contribution in [2.75, 3.05) is 20.2 Å². The molecule has 0 radical (unpaired) electrons. The zero-order chi connectivity index (χ0) is 19.9. The Labute approximate surface area is 166 Å². The number of benzene rings is 2. The van der Waals surface area contributed by atoms with E-state index in [4.69, 9.17) is 4.74 Å². The molecule has 0 spiro atoms. The summed E-state index contributed by atoms with van der Waals surface area (Å²) in [5.74, 6) is 0.766. The number of sulfonamides is 1. The maximum atomic E-state index is 13.2. The molecule has 0 amide bonds. The molecule has 1 aromatic heterocycles. The van der Waals surface area contributed by atoms with Gasteiger partial charge in [0.25, 0.3) is 0 Å². The van der Waals surface area contributed by atoms with Crippen LogP contribution in [0, 0.1) is 13.8 Å². The lowest BCUT2D eigenvalue weighted by Gasteiger charge is -2.32. The predicted molar refractivity (Wildman–Crippen MR) is 112 cm³/mol. The van der Waals surface area contributed by atoms with Crippen molar-refractivity contribution in [1.29, 1.82) is 0 Å². The molecule has 1 aliphatic rings. The van der Waals surface area contributed by atoms with E-state index in [0.717, 1.165) is 23.9 Å². The van der Waals surface area contributed by atoms with Gasteiger partial charge < -0.3 is 9.72 Å². The minimum Gasteiger partial charge on any atom is -0.495 e. The number of hydrogen-bond acceptors (Lipinski definition) is 3. The molecule has 3 aromatic rings. The van der Waals surface area contributed by atoms with E-state index >= 15 is 0 Å². The van der Waals surface area contributed by atoms with Gasteiger partial charge in [0, 0.05) is 29.7 Å². The van der Waals surface area contributed by atoms with Gasteiger partial charge in [-0.15, -0.1) is 0 Å². The fraction of sp³-hybridized carbons (Fsp3) is 0.364. The maximum absolute atomic E-state index is 13.2. The van der Waals surface area contributed by atoms with Crippen LogP contribution in [-0.2, 0) is 10.0 Å². The number of aromatic nitrogens is 1.